The van der Waals surface area contributed by atoms with E-state index in [4.69, 9.17) is 4.74 Å². The summed E-state index contributed by atoms with van der Waals surface area (Å²) in [6.07, 6.45) is 1.86. The van der Waals surface area contributed by atoms with Gasteiger partial charge in [0.1, 0.15) is 12.4 Å². The highest BCUT2D eigenvalue weighted by Crippen LogP contribution is 2.28. The fourth-order valence-corrected chi connectivity index (χ4v) is 3.84. The number of aliphatic imine (C=N–C) groups is 1. The summed E-state index contributed by atoms with van der Waals surface area (Å²) < 4.78 is 5.86. The summed E-state index contributed by atoms with van der Waals surface area (Å²) in [7, 11) is 0. The van der Waals surface area contributed by atoms with Crippen molar-refractivity contribution in [2.45, 2.75) is 20.5 Å². The first kappa shape index (κ1) is 20.0. The molecule has 1 aliphatic heterocycles. The number of amides is 1. The van der Waals surface area contributed by atoms with E-state index in [0.717, 1.165) is 22.6 Å². The molecule has 4 rings (SSSR count). The first-order valence-electron chi connectivity index (χ1n) is 9.70. The predicted molar refractivity (Wildman–Crippen MR) is 124 cm³/mol. The zero-order valence-corrected chi connectivity index (χ0v) is 17.7. The molecule has 3 aromatic carbocycles. The molecular weight excluding hydrogens is 392 g/mol. The van der Waals surface area contributed by atoms with Crippen LogP contribution in [0.3, 0.4) is 0 Å². The maximum Gasteiger partial charge on any atom is 0.264 e. The van der Waals surface area contributed by atoms with Crippen molar-refractivity contribution in [1.29, 1.82) is 0 Å². The molecule has 0 aliphatic carbocycles. The maximum atomic E-state index is 12.3. The van der Waals surface area contributed by atoms with Gasteiger partial charge < -0.3 is 10.1 Å². The molecule has 3 aromatic rings. The van der Waals surface area contributed by atoms with Crippen LogP contribution in [-0.4, -0.2) is 11.1 Å². The first-order chi connectivity index (χ1) is 14.5. The number of thioether (sulfide) groups is 1. The third-order valence-electron chi connectivity index (χ3n) is 4.58. The van der Waals surface area contributed by atoms with Crippen LogP contribution in [0.25, 0.3) is 6.08 Å². The largest absolute Gasteiger partial charge is 0.489 e. The second-order valence-electron chi connectivity index (χ2n) is 7.16. The van der Waals surface area contributed by atoms with Crippen LogP contribution in [0, 0.1) is 13.8 Å². The maximum absolute atomic E-state index is 12.3. The topological polar surface area (TPSA) is 50.7 Å². The van der Waals surface area contributed by atoms with Crippen LogP contribution in [0.15, 0.2) is 82.7 Å². The van der Waals surface area contributed by atoms with Gasteiger partial charge in [0, 0.05) is 0 Å². The molecule has 1 heterocycles. The van der Waals surface area contributed by atoms with Gasteiger partial charge in [-0.2, -0.15) is 0 Å². The molecule has 5 heteroatoms. The number of aryl methyl sites for hydroxylation is 2. The summed E-state index contributed by atoms with van der Waals surface area (Å²) in [6.45, 7) is 4.63. The number of rotatable bonds is 5. The molecule has 4 nitrogen and oxygen atoms in total. The molecule has 0 radical (unpaired) electrons. The lowest BCUT2D eigenvalue weighted by molar-refractivity contribution is -0.115. The van der Waals surface area contributed by atoms with E-state index in [1.165, 1.54) is 22.9 Å². The summed E-state index contributed by atoms with van der Waals surface area (Å²) in [5.41, 5.74) is 5.29. The van der Waals surface area contributed by atoms with Crippen molar-refractivity contribution in [3.63, 3.8) is 0 Å². The Balaban J connectivity index is 1.40. The minimum atomic E-state index is -0.134. The number of carbonyl (C=O) groups is 1. The summed E-state index contributed by atoms with van der Waals surface area (Å²) in [5, 5.41) is 3.41. The highest BCUT2D eigenvalue weighted by atomic mass is 32.2. The highest BCUT2D eigenvalue weighted by molar-refractivity contribution is 8.18. The molecule has 0 bridgehead atoms. The summed E-state index contributed by atoms with van der Waals surface area (Å²) in [4.78, 5) is 17.4. The minimum absolute atomic E-state index is 0.134. The van der Waals surface area contributed by atoms with Gasteiger partial charge >= 0.3 is 0 Å². The molecule has 1 fully saturated rings. The average Bonchev–Trinajstić information content (AvgIpc) is 3.08. The number of nitrogens with zero attached hydrogens (tertiary/aromatic N) is 1. The fraction of sp³-hybridized carbons (Fsp3) is 0.120. The van der Waals surface area contributed by atoms with Crippen molar-refractivity contribution >= 4 is 34.6 Å². The Kier molecular flexibility index (Phi) is 6.00. The molecular formula is C25H22N2O2S. The molecule has 150 valence electrons. The summed E-state index contributed by atoms with van der Waals surface area (Å²) >= 11 is 1.34. The Labute approximate surface area is 180 Å². The molecule has 1 aliphatic rings. The minimum Gasteiger partial charge on any atom is -0.489 e. The van der Waals surface area contributed by atoms with Crippen molar-refractivity contribution in [3.05, 3.63) is 100.0 Å². The van der Waals surface area contributed by atoms with Gasteiger partial charge in [-0.3, -0.25) is 4.79 Å². The van der Waals surface area contributed by atoms with Crippen molar-refractivity contribution < 1.29 is 9.53 Å². The van der Waals surface area contributed by atoms with Gasteiger partial charge in [-0.25, -0.2) is 4.99 Å². The van der Waals surface area contributed by atoms with E-state index in [1.54, 1.807) is 0 Å². The Bertz CT molecular complexity index is 1120. The van der Waals surface area contributed by atoms with E-state index in [-0.39, 0.29) is 5.91 Å². The number of ether oxygens (including phenoxy) is 1. The standard InChI is InChI=1S/C25H22N2O2S/c1-17-6-10-21(11-7-17)26-25-27-24(28)23(30-25)15-19-8-12-22(13-9-19)29-16-20-5-3-4-18(2)14-20/h3-15H,16H2,1-2H3,(H,26,27,28)/b23-15+. The fourth-order valence-electron chi connectivity index (χ4n) is 3.00. The van der Waals surface area contributed by atoms with Crippen LogP contribution in [0.5, 0.6) is 5.75 Å². The molecule has 1 saturated heterocycles. The number of hydrogen-bond acceptors (Lipinski definition) is 4. The number of benzene rings is 3. The second-order valence-corrected chi connectivity index (χ2v) is 8.19. The molecule has 0 spiro atoms. The van der Waals surface area contributed by atoms with E-state index in [0.29, 0.717) is 16.7 Å². The van der Waals surface area contributed by atoms with E-state index in [1.807, 2.05) is 67.6 Å². The molecule has 1 N–H and O–H groups in total. The third-order valence-corrected chi connectivity index (χ3v) is 5.49. The molecule has 1 amide bonds. The van der Waals surface area contributed by atoms with Crippen molar-refractivity contribution in [3.8, 4) is 5.75 Å². The number of carbonyl (C=O) groups excluding carboxylic acids is 1. The van der Waals surface area contributed by atoms with Crippen LogP contribution in [0.2, 0.25) is 0 Å². The van der Waals surface area contributed by atoms with Gasteiger partial charge in [0.2, 0.25) is 0 Å². The Hall–Kier alpha value is -3.31. The molecule has 0 saturated carbocycles. The summed E-state index contributed by atoms with van der Waals surface area (Å²) in [6, 6.07) is 23.9. The van der Waals surface area contributed by atoms with Crippen molar-refractivity contribution in [2.75, 3.05) is 0 Å². The Morgan fingerprint density at radius 2 is 1.73 bits per heavy atom. The molecule has 0 atom stereocenters. The third kappa shape index (κ3) is 5.19. The SMILES string of the molecule is Cc1ccc(N=C2NC(=O)/C(=C\c3ccc(OCc4cccc(C)c4)cc3)S2)cc1. The van der Waals surface area contributed by atoms with Gasteiger partial charge in [-0.15, -0.1) is 0 Å². The van der Waals surface area contributed by atoms with Crippen LogP contribution in [0.1, 0.15) is 22.3 Å². The first-order valence-corrected chi connectivity index (χ1v) is 10.5. The summed E-state index contributed by atoms with van der Waals surface area (Å²) in [5.74, 6) is 0.662. The normalized spacial score (nSPS) is 16.1. The van der Waals surface area contributed by atoms with Crippen molar-refractivity contribution in [1.82, 2.24) is 5.32 Å². The van der Waals surface area contributed by atoms with Crippen LogP contribution >= 0.6 is 11.8 Å². The van der Waals surface area contributed by atoms with Gasteiger partial charge in [-0.05, 0) is 67.1 Å². The lowest BCUT2D eigenvalue weighted by Crippen LogP contribution is -2.19. The van der Waals surface area contributed by atoms with Gasteiger partial charge in [0.05, 0.1) is 10.6 Å². The average molecular weight is 415 g/mol. The zero-order valence-electron chi connectivity index (χ0n) is 16.9. The van der Waals surface area contributed by atoms with E-state index < -0.39 is 0 Å². The molecule has 0 unspecified atom stereocenters. The van der Waals surface area contributed by atoms with E-state index in [2.05, 4.69) is 35.4 Å². The van der Waals surface area contributed by atoms with Crippen LogP contribution in [0.4, 0.5) is 5.69 Å². The van der Waals surface area contributed by atoms with Gasteiger partial charge in [0.25, 0.3) is 5.91 Å². The number of nitrogens with one attached hydrogen (secondary N) is 1. The monoisotopic (exact) mass is 414 g/mol. The van der Waals surface area contributed by atoms with Gasteiger partial charge in [0.15, 0.2) is 5.17 Å². The lowest BCUT2D eigenvalue weighted by atomic mass is 10.1. The van der Waals surface area contributed by atoms with E-state index >= 15 is 0 Å². The smallest absolute Gasteiger partial charge is 0.264 e. The molecule has 30 heavy (non-hydrogen) atoms. The number of hydrogen-bond donors (Lipinski definition) is 1. The lowest BCUT2D eigenvalue weighted by Gasteiger charge is -2.07. The number of amidine groups is 1. The van der Waals surface area contributed by atoms with Gasteiger partial charge in [-0.1, -0.05) is 59.7 Å². The quantitative estimate of drug-likeness (QED) is 0.539. The van der Waals surface area contributed by atoms with Crippen molar-refractivity contribution in [2.24, 2.45) is 4.99 Å². The zero-order chi connectivity index (χ0) is 20.9. The second kappa shape index (κ2) is 9.01. The Morgan fingerprint density at radius 1 is 0.967 bits per heavy atom. The highest BCUT2D eigenvalue weighted by Gasteiger charge is 2.23. The Morgan fingerprint density at radius 3 is 2.47 bits per heavy atom. The predicted octanol–water partition coefficient (Wildman–Crippen LogP) is 5.77. The van der Waals surface area contributed by atoms with E-state index in [9.17, 15) is 4.79 Å². The van der Waals surface area contributed by atoms with Crippen LogP contribution in [-0.2, 0) is 11.4 Å². The molecule has 0 aromatic heterocycles. The van der Waals surface area contributed by atoms with Crippen LogP contribution < -0.4 is 10.1 Å².